The number of fused-ring (bicyclic) bond motifs is 1. The molecular formula is C10H12ClN3O. The Morgan fingerprint density at radius 2 is 2.07 bits per heavy atom. The number of hydrogen-bond donors (Lipinski definition) is 1. The third-order valence-electron chi connectivity index (χ3n) is 2.10. The van der Waals surface area contributed by atoms with Gasteiger partial charge < -0.3 is 5.73 Å². The molecule has 0 bridgehead atoms. The van der Waals surface area contributed by atoms with E-state index in [-0.39, 0.29) is 18.0 Å². The summed E-state index contributed by atoms with van der Waals surface area (Å²) in [4.78, 5) is 11.8. The van der Waals surface area contributed by atoms with Gasteiger partial charge in [0, 0.05) is 11.9 Å². The highest BCUT2D eigenvalue weighted by atomic mass is 35.5. The average molecular weight is 226 g/mol. The van der Waals surface area contributed by atoms with Crippen LogP contribution in [0, 0.1) is 0 Å². The molecule has 0 unspecified atom stereocenters. The molecule has 0 fully saturated rings. The maximum absolute atomic E-state index is 11.8. The molecule has 0 aliphatic heterocycles. The van der Waals surface area contributed by atoms with Gasteiger partial charge in [-0.15, -0.1) is 12.4 Å². The molecule has 0 saturated heterocycles. The van der Waals surface area contributed by atoms with Crippen LogP contribution in [0.3, 0.4) is 0 Å². The Bertz CT molecular complexity index is 509. The van der Waals surface area contributed by atoms with Crippen molar-refractivity contribution >= 4 is 23.2 Å². The smallest absolute Gasteiger partial charge is 0.274 e. The van der Waals surface area contributed by atoms with Gasteiger partial charge in [-0.3, -0.25) is 4.79 Å². The number of benzene rings is 1. The van der Waals surface area contributed by atoms with Gasteiger partial charge in [-0.25, -0.2) is 4.68 Å². The minimum atomic E-state index is -0.0754. The summed E-state index contributed by atoms with van der Waals surface area (Å²) in [5.41, 5.74) is 5.30. The Morgan fingerprint density at radius 1 is 1.33 bits per heavy atom. The van der Waals surface area contributed by atoms with Crippen molar-refractivity contribution in [1.29, 1.82) is 0 Å². The SMILES string of the molecule is Cl.NCCn1ncc2ccccc2c1=O. The van der Waals surface area contributed by atoms with Crippen LogP contribution < -0.4 is 11.3 Å². The molecule has 0 atom stereocenters. The number of halogens is 1. The summed E-state index contributed by atoms with van der Waals surface area (Å²) in [6, 6.07) is 7.40. The maximum atomic E-state index is 11.8. The molecule has 0 saturated carbocycles. The Kier molecular flexibility index (Phi) is 3.82. The second-order valence-corrected chi connectivity index (χ2v) is 3.05. The Labute approximate surface area is 93.1 Å². The minimum Gasteiger partial charge on any atom is -0.329 e. The fourth-order valence-corrected chi connectivity index (χ4v) is 1.41. The van der Waals surface area contributed by atoms with Gasteiger partial charge in [-0.1, -0.05) is 18.2 Å². The summed E-state index contributed by atoms with van der Waals surface area (Å²) in [5.74, 6) is 0. The van der Waals surface area contributed by atoms with E-state index in [9.17, 15) is 4.79 Å². The highest BCUT2D eigenvalue weighted by Crippen LogP contribution is 2.05. The van der Waals surface area contributed by atoms with Crippen molar-refractivity contribution in [2.75, 3.05) is 6.54 Å². The molecule has 5 heteroatoms. The van der Waals surface area contributed by atoms with E-state index in [0.717, 1.165) is 5.39 Å². The zero-order valence-electron chi connectivity index (χ0n) is 8.09. The van der Waals surface area contributed by atoms with E-state index in [2.05, 4.69) is 5.10 Å². The number of aromatic nitrogens is 2. The molecule has 4 nitrogen and oxygen atoms in total. The molecule has 1 aromatic carbocycles. The first-order valence-corrected chi connectivity index (χ1v) is 4.48. The standard InChI is InChI=1S/C10H11N3O.ClH/c11-5-6-13-10(14)9-4-2-1-3-8(9)7-12-13;/h1-4,7H,5-6,11H2;1H. The van der Waals surface area contributed by atoms with Gasteiger partial charge in [0.25, 0.3) is 5.56 Å². The number of nitrogens with two attached hydrogens (primary N) is 1. The summed E-state index contributed by atoms with van der Waals surface area (Å²) in [5, 5.41) is 5.58. The molecule has 0 aliphatic rings. The maximum Gasteiger partial charge on any atom is 0.274 e. The fraction of sp³-hybridized carbons (Fsp3) is 0.200. The zero-order valence-corrected chi connectivity index (χ0v) is 8.91. The lowest BCUT2D eigenvalue weighted by Crippen LogP contribution is -2.26. The monoisotopic (exact) mass is 225 g/mol. The van der Waals surface area contributed by atoms with Gasteiger partial charge in [0.2, 0.25) is 0 Å². The number of rotatable bonds is 2. The van der Waals surface area contributed by atoms with Crippen molar-refractivity contribution < 1.29 is 0 Å². The average Bonchev–Trinajstić information content (AvgIpc) is 2.23. The molecule has 1 aromatic heterocycles. The lowest BCUT2D eigenvalue weighted by Gasteiger charge is -2.03. The van der Waals surface area contributed by atoms with E-state index in [0.29, 0.717) is 18.5 Å². The Balaban J connectivity index is 0.00000112. The Morgan fingerprint density at radius 3 is 2.80 bits per heavy atom. The van der Waals surface area contributed by atoms with Crippen LogP contribution >= 0.6 is 12.4 Å². The third-order valence-corrected chi connectivity index (χ3v) is 2.10. The van der Waals surface area contributed by atoms with E-state index in [1.807, 2.05) is 18.2 Å². The highest BCUT2D eigenvalue weighted by Gasteiger charge is 2.01. The van der Waals surface area contributed by atoms with Crippen LogP contribution in [0.1, 0.15) is 0 Å². The fourth-order valence-electron chi connectivity index (χ4n) is 1.41. The van der Waals surface area contributed by atoms with Crippen molar-refractivity contribution in [2.24, 2.45) is 5.73 Å². The van der Waals surface area contributed by atoms with Crippen molar-refractivity contribution in [3.05, 3.63) is 40.8 Å². The first kappa shape index (κ1) is 11.7. The molecule has 0 aliphatic carbocycles. The highest BCUT2D eigenvalue weighted by molar-refractivity contribution is 5.85. The summed E-state index contributed by atoms with van der Waals surface area (Å²) >= 11 is 0. The van der Waals surface area contributed by atoms with Gasteiger partial charge in [0.1, 0.15) is 0 Å². The normalized spacial score (nSPS) is 9.93. The molecule has 80 valence electrons. The van der Waals surface area contributed by atoms with Gasteiger partial charge in [0.05, 0.1) is 18.1 Å². The van der Waals surface area contributed by atoms with Crippen molar-refractivity contribution in [2.45, 2.75) is 6.54 Å². The lowest BCUT2D eigenvalue weighted by molar-refractivity contribution is 0.594. The van der Waals surface area contributed by atoms with Crippen LogP contribution in [-0.2, 0) is 6.54 Å². The third kappa shape index (κ3) is 2.16. The summed E-state index contributed by atoms with van der Waals surface area (Å²) in [7, 11) is 0. The summed E-state index contributed by atoms with van der Waals surface area (Å²) in [6.07, 6.45) is 1.69. The second kappa shape index (κ2) is 4.91. The summed E-state index contributed by atoms with van der Waals surface area (Å²) in [6.45, 7) is 0.884. The molecule has 2 aromatic rings. The van der Waals surface area contributed by atoms with Crippen LogP contribution in [0.2, 0.25) is 0 Å². The largest absolute Gasteiger partial charge is 0.329 e. The molecular weight excluding hydrogens is 214 g/mol. The first-order chi connectivity index (χ1) is 6.83. The van der Waals surface area contributed by atoms with E-state index < -0.39 is 0 Å². The van der Waals surface area contributed by atoms with E-state index in [1.54, 1.807) is 12.3 Å². The summed E-state index contributed by atoms with van der Waals surface area (Å²) < 4.78 is 1.39. The second-order valence-electron chi connectivity index (χ2n) is 3.05. The topological polar surface area (TPSA) is 60.9 Å². The predicted molar refractivity (Wildman–Crippen MR) is 62.3 cm³/mol. The van der Waals surface area contributed by atoms with Gasteiger partial charge in [0.15, 0.2) is 0 Å². The lowest BCUT2D eigenvalue weighted by atomic mass is 10.2. The van der Waals surface area contributed by atoms with Gasteiger partial charge in [-0.05, 0) is 6.07 Å². The van der Waals surface area contributed by atoms with E-state index in [1.165, 1.54) is 4.68 Å². The molecule has 0 amide bonds. The van der Waals surface area contributed by atoms with Gasteiger partial charge >= 0.3 is 0 Å². The number of hydrogen-bond acceptors (Lipinski definition) is 3. The minimum absolute atomic E-state index is 0. The number of nitrogens with zero attached hydrogens (tertiary/aromatic N) is 2. The van der Waals surface area contributed by atoms with Crippen LogP contribution in [-0.4, -0.2) is 16.3 Å². The van der Waals surface area contributed by atoms with Crippen molar-refractivity contribution in [3.8, 4) is 0 Å². The van der Waals surface area contributed by atoms with Crippen LogP contribution in [0.25, 0.3) is 10.8 Å². The quantitative estimate of drug-likeness (QED) is 0.822. The van der Waals surface area contributed by atoms with Crippen molar-refractivity contribution in [1.82, 2.24) is 9.78 Å². The Hall–Kier alpha value is -1.39. The van der Waals surface area contributed by atoms with Crippen molar-refractivity contribution in [3.63, 3.8) is 0 Å². The zero-order chi connectivity index (χ0) is 9.97. The molecule has 0 spiro atoms. The van der Waals surface area contributed by atoms with Crippen LogP contribution in [0.4, 0.5) is 0 Å². The van der Waals surface area contributed by atoms with Crippen LogP contribution in [0.5, 0.6) is 0 Å². The molecule has 2 rings (SSSR count). The molecule has 1 heterocycles. The van der Waals surface area contributed by atoms with E-state index in [4.69, 9.17) is 5.73 Å². The van der Waals surface area contributed by atoms with E-state index >= 15 is 0 Å². The first-order valence-electron chi connectivity index (χ1n) is 4.48. The van der Waals surface area contributed by atoms with Crippen LogP contribution in [0.15, 0.2) is 35.3 Å². The van der Waals surface area contributed by atoms with Gasteiger partial charge in [-0.2, -0.15) is 5.10 Å². The molecule has 0 radical (unpaired) electrons. The molecule has 15 heavy (non-hydrogen) atoms. The molecule has 2 N–H and O–H groups in total. The predicted octanol–water partition coefficient (Wildman–Crippen LogP) is 0.777.